The van der Waals surface area contributed by atoms with E-state index in [9.17, 15) is 5.11 Å². The first-order valence-corrected chi connectivity index (χ1v) is 8.23. The van der Waals surface area contributed by atoms with Gasteiger partial charge in [0.2, 0.25) is 0 Å². The number of halogens is 1. The van der Waals surface area contributed by atoms with E-state index in [1.54, 1.807) is 10.9 Å². The number of hydrogen-bond donors (Lipinski definition) is 1. The zero-order valence-electron chi connectivity index (χ0n) is 12.6. The molecule has 4 rings (SSSR count). The van der Waals surface area contributed by atoms with E-state index in [4.69, 9.17) is 11.6 Å². The Morgan fingerprint density at radius 3 is 2.78 bits per heavy atom. The van der Waals surface area contributed by atoms with E-state index < -0.39 is 5.60 Å². The van der Waals surface area contributed by atoms with Crippen LogP contribution in [-0.4, -0.2) is 25.1 Å². The smallest absolute Gasteiger partial charge is 0.115 e. The lowest BCUT2D eigenvalue weighted by molar-refractivity contribution is -0.00472. The predicted molar refractivity (Wildman–Crippen MR) is 88.7 cm³/mol. The molecule has 1 fully saturated rings. The molecule has 0 unspecified atom stereocenters. The van der Waals surface area contributed by atoms with E-state index in [0.29, 0.717) is 10.7 Å². The van der Waals surface area contributed by atoms with Crippen LogP contribution in [0.5, 0.6) is 0 Å². The normalized spacial score (nSPS) is 17.5. The Morgan fingerprint density at radius 2 is 1.96 bits per heavy atom. The zero-order chi connectivity index (χ0) is 15.9. The second-order valence-electron chi connectivity index (χ2n) is 6.13. The Morgan fingerprint density at radius 1 is 1.13 bits per heavy atom. The third-order valence-corrected chi connectivity index (χ3v) is 4.81. The molecule has 6 heteroatoms. The van der Waals surface area contributed by atoms with Gasteiger partial charge in [-0.15, -0.1) is 5.10 Å². The van der Waals surface area contributed by atoms with Gasteiger partial charge in [0, 0.05) is 16.6 Å². The summed E-state index contributed by atoms with van der Waals surface area (Å²) in [5.41, 5.74) is 1.49. The van der Waals surface area contributed by atoms with Gasteiger partial charge in [0.15, 0.2) is 0 Å². The monoisotopic (exact) mass is 328 g/mol. The van der Waals surface area contributed by atoms with Gasteiger partial charge in [-0.1, -0.05) is 36.1 Å². The Hall–Kier alpha value is -1.98. The van der Waals surface area contributed by atoms with Crippen molar-refractivity contribution < 1.29 is 5.11 Å². The van der Waals surface area contributed by atoms with Gasteiger partial charge < -0.3 is 5.11 Å². The van der Waals surface area contributed by atoms with Crippen LogP contribution in [0, 0.1) is 0 Å². The van der Waals surface area contributed by atoms with Gasteiger partial charge in [-0.3, -0.25) is 4.98 Å². The summed E-state index contributed by atoms with van der Waals surface area (Å²) in [6.07, 6.45) is 8.28. The maximum atomic E-state index is 10.8. The molecule has 0 spiro atoms. The van der Waals surface area contributed by atoms with Crippen LogP contribution in [0.4, 0.5) is 0 Å². The summed E-state index contributed by atoms with van der Waals surface area (Å²) in [7, 11) is 0. The summed E-state index contributed by atoms with van der Waals surface area (Å²) >= 11 is 6.03. The van der Waals surface area contributed by atoms with Crippen LogP contribution in [-0.2, 0) is 5.60 Å². The number of aromatic nitrogens is 4. The standard InChI is InChI=1S/C17H17ClN4O/c18-12-4-5-13-14(10-12)19-9-6-15(13)22-11-16(20-21-22)17(23)7-2-1-3-8-17/h4-6,9-11,23H,1-3,7-8H2. The average molecular weight is 329 g/mol. The van der Waals surface area contributed by atoms with Gasteiger partial charge in [0.25, 0.3) is 0 Å². The van der Waals surface area contributed by atoms with Crippen LogP contribution in [0.1, 0.15) is 37.8 Å². The van der Waals surface area contributed by atoms with Crippen molar-refractivity contribution in [3.8, 4) is 5.69 Å². The van der Waals surface area contributed by atoms with Crippen molar-refractivity contribution in [2.24, 2.45) is 0 Å². The summed E-state index contributed by atoms with van der Waals surface area (Å²) in [4.78, 5) is 4.34. The molecule has 1 N–H and O–H groups in total. The Kier molecular flexibility index (Phi) is 3.54. The van der Waals surface area contributed by atoms with Crippen molar-refractivity contribution in [1.82, 2.24) is 20.0 Å². The number of rotatable bonds is 2. The van der Waals surface area contributed by atoms with Crippen molar-refractivity contribution in [2.45, 2.75) is 37.7 Å². The fourth-order valence-electron chi connectivity index (χ4n) is 3.29. The number of nitrogens with zero attached hydrogens (tertiary/aromatic N) is 4. The van der Waals surface area contributed by atoms with Gasteiger partial charge in [-0.05, 0) is 37.1 Å². The van der Waals surface area contributed by atoms with Gasteiger partial charge in [0.05, 0.1) is 17.4 Å². The molecule has 0 bridgehead atoms. The maximum Gasteiger partial charge on any atom is 0.115 e. The van der Waals surface area contributed by atoms with Gasteiger partial charge >= 0.3 is 0 Å². The van der Waals surface area contributed by atoms with Gasteiger partial charge in [-0.2, -0.15) is 0 Å². The highest BCUT2D eigenvalue weighted by atomic mass is 35.5. The highest BCUT2D eigenvalue weighted by Crippen LogP contribution is 2.36. The molecular formula is C17H17ClN4O. The first kappa shape index (κ1) is 14.6. The van der Waals surface area contributed by atoms with E-state index >= 15 is 0 Å². The molecular weight excluding hydrogens is 312 g/mol. The van der Waals surface area contributed by atoms with Crippen molar-refractivity contribution >= 4 is 22.5 Å². The highest BCUT2D eigenvalue weighted by Gasteiger charge is 2.34. The molecule has 118 valence electrons. The third kappa shape index (κ3) is 2.60. The van der Waals surface area contributed by atoms with E-state index in [2.05, 4.69) is 15.3 Å². The summed E-state index contributed by atoms with van der Waals surface area (Å²) < 4.78 is 1.71. The van der Waals surface area contributed by atoms with Crippen molar-refractivity contribution in [3.63, 3.8) is 0 Å². The lowest BCUT2D eigenvalue weighted by atomic mass is 9.83. The van der Waals surface area contributed by atoms with Crippen LogP contribution >= 0.6 is 11.6 Å². The number of aliphatic hydroxyl groups is 1. The average Bonchev–Trinajstić information content (AvgIpc) is 3.05. The topological polar surface area (TPSA) is 63.8 Å². The maximum absolute atomic E-state index is 10.8. The summed E-state index contributed by atoms with van der Waals surface area (Å²) in [6, 6.07) is 7.48. The van der Waals surface area contributed by atoms with Crippen LogP contribution in [0.3, 0.4) is 0 Å². The predicted octanol–water partition coefficient (Wildman–Crippen LogP) is 3.62. The molecule has 2 aromatic heterocycles. The van der Waals surface area contributed by atoms with Crippen molar-refractivity contribution in [1.29, 1.82) is 0 Å². The quantitative estimate of drug-likeness (QED) is 0.780. The van der Waals surface area contributed by atoms with E-state index in [-0.39, 0.29) is 0 Å². The molecule has 0 atom stereocenters. The second kappa shape index (κ2) is 5.58. The third-order valence-electron chi connectivity index (χ3n) is 4.58. The molecule has 0 aliphatic heterocycles. The Labute approximate surface area is 138 Å². The molecule has 1 aliphatic carbocycles. The first-order valence-electron chi connectivity index (χ1n) is 7.86. The number of fused-ring (bicyclic) bond motifs is 1. The lowest BCUT2D eigenvalue weighted by Crippen LogP contribution is -2.28. The van der Waals surface area contributed by atoms with Crippen molar-refractivity contribution in [3.05, 3.63) is 47.4 Å². The number of benzene rings is 1. The fourth-order valence-corrected chi connectivity index (χ4v) is 3.46. The first-order chi connectivity index (χ1) is 11.2. The van der Waals surface area contributed by atoms with Crippen LogP contribution in [0.15, 0.2) is 36.7 Å². The van der Waals surface area contributed by atoms with Gasteiger partial charge in [0.1, 0.15) is 11.3 Å². The second-order valence-corrected chi connectivity index (χ2v) is 6.57. The Balaban J connectivity index is 1.77. The molecule has 3 aromatic rings. The minimum atomic E-state index is -0.845. The highest BCUT2D eigenvalue weighted by molar-refractivity contribution is 6.31. The minimum absolute atomic E-state index is 0.649. The molecule has 5 nitrogen and oxygen atoms in total. The summed E-state index contributed by atoms with van der Waals surface area (Å²) in [5.74, 6) is 0. The molecule has 0 amide bonds. The van der Waals surface area contributed by atoms with Crippen LogP contribution in [0.2, 0.25) is 5.02 Å². The zero-order valence-corrected chi connectivity index (χ0v) is 13.4. The molecule has 1 saturated carbocycles. The van der Waals surface area contributed by atoms with E-state index in [0.717, 1.165) is 42.3 Å². The fraction of sp³-hybridized carbons (Fsp3) is 0.353. The molecule has 1 aromatic carbocycles. The Bertz CT molecular complexity index is 855. The molecule has 23 heavy (non-hydrogen) atoms. The van der Waals surface area contributed by atoms with E-state index in [1.165, 1.54) is 6.42 Å². The molecule has 0 radical (unpaired) electrons. The molecule has 1 aliphatic rings. The molecule has 2 heterocycles. The minimum Gasteiger partial charge on any atom is -0.383 e. The summed E-state index contributed by atoms with van der Waals surface area (Å²) in [5, 5.41) is 20.9. The van der Waals surface area contributed by atoms with Gasteiger partial charge in [-0.25, -0.2) is 4.68 Å². The summed E-state index contributed by atoms with van der Waals surface area (Å²) in [6.45, 7) is 0. The SMILES string of the molecule is OC1(c2cn(-c3ccnc4cc(Cl)ccc34)nn2)CCCCC1. The molecule has 0 saturated heterocycles. The largest absolute Gasteiger partial charge is 0.383 e. The van der Waals surface area contributed by atoms with Crippen LogP contribution in [0.25, 0.3) is 16.6 Å². The van der Waals surface area contributed by atoms with Crippen molar-refractivity contribution in [2.75, 3.05) is 0 Å². The van der Waals surface area contributed by atoms with E-state index in [1.807, 2.05) is 30.5 Å². The lowest BCUT2D eigenvalue weighted by Gasteiger charge is -2.29. The van der Waals surface area contributed by atoms with Crippen LogP contribution < -0.4 is 0 Å². The number of pyridine rings is 1. The number of hydrogen-bond acceptors (Lipinski definition) is 4.